The van der Waals surface area contributed by atoms with Crippen LogP contribution in [-0.4, -0.2) is 11.1 Å². The van der Waals surface area contributed by atoms with Crippen LogP contribution in [-0.2, 0) is 6.42 Å². The molecular weight excluding hydrogens is 288 g/mol. The van der Waals surface area contributed by atoms with Gasteiger partial charge in [0.25, 0.3) is 0 Å². The number of aromatic carboxylic acids is 1. The van der Waals surface area contributed by atoms with Crippen LogP contribution in [0.3, 0.4) is 0 Å². The summed E-state index contributed by atoms with van der Waals surface area (Å²) in [5.41, 5.74) is 3.41. The summed E-state index contributed by atoms with van der Waals surface area (Å²) in [6.45, 7) is 1.96. The molecule has 2 aromatic rings. The molecule has 0 amide bonds. The van der Waals surface area contributed by atoms with Crippen LogP contribution in [0.25, 0.3) is 0 Å². The first kappa shape index (κ1) is 14.0. The number of fused-ring (bicyclic) bond motifs is 1. The van der Waals surface area contributed by atoms with E-state index in [-0.39, 0.29) is 11.7 Å². The van der Waals surface area contributed by atoms with Crippen molar-refractivity contribution in [3.63, 3.8) is 0 Å². The smallest absolute Gasteiger partial charge is 0.335 e. The number of carbonyl (C=O) groups is 1. The molecule has 108 valence electrons. The van der Waals surface area contributed by atoms with E-state index in [1.54, 1.807) is 12.1 Å². The van der Waals surface area contributed by atoms with Gasteiger partial charge in [-0.15, -0.1) is 0 Å². The highest BCUT2D eigenvalue weighted by Crippen LogP contribution is 2.37. The summed E-state index contributed by atoms with van der Waals surface area (Å²) in [7, 11) is 0. The lowest BCUT2D eigenvalue weighted by Crippen LogP contribution is -2.15. The number of ether oxygens (including phenoxy) is 1. The molecule has 0 aromatic heterocycles. The molecule has 0 aliphatic carbocycles. The van der Waals surface area contributed by atoms with Crippen molar-refractivity contribution in [3.05, 3.63) is 63.7 Å². The molecule has 0 spiro atoms. The molecule has 1 atom stereocenters. The summed E-state index contributed by atoms with van der Waals surface area (Å²) in [5.74, 6) is -0.0443. The molecule has 0 fully saturated rings. The van der Waals surface area contributed by atoms with E-state index < -0.39 is 5.97 Å². The van der Waals surface area contributed by atoms with Crippen molar-refractivity contribution in [1.82, 2.24) is 0 Å². The highest BCUT2D eigenvalue weighted by atomic mass is 35.5. The van der Waals surface area contributed by atoms with Crippen LogP contribution in [0, 0.1) is 6.92 Å². The Morgan fingerprint density at radius 1 is 1.29 bits per heavy atom. The van der Waals surface area contributed by atoms with Crippen molar-refractivity contribution in [1.29, 1.82) is 0 Å². The minimum Gasteiger partial charge on any atom is -0.485 e. The van der Waals surface area contributed by atoms with Crippen LogP contribution in [0.4, 0.5) is 0 Å². The first-order valence-electron chi connectivity index (χ1n) is 6.83. The largest absolute Gasteiger partial charge is 0.485 e. The van der Waals surface area contributed by atoms with Crippen LogP contribution in [0.2, 0.25) is 5.02 Å². The molecule has 0 saturated heterocycles. The fourth-order valence-electron chi connectivity index (χ4n) is 2.58. The van der Waals surface area contributed by atoms with Crippen LogP contribution in [0.5, 0.6) is 5.75 Å². The Kier molecular flexibility index (Phi) is 3.60. The summed E-state index contributed by atoms with van der Waals surface area (Å²) in [6.07, 6.45) is 1.72. The molecule has 0 saturated carbocycles. The SMILES string of the molecule is Cc1cc2c(cc1Cl)CCC(c1ccc(C(=O)O)cc1)O2. The third-order valence-corrected chi connectivity index (χ3v) is 4.22. The summed E-state index contributed by atoms with van der Waals surface area (Å²) >= 11 is 6.13. The van der Waals surface area contributed by atoms with Gasteiger partial charge in [0.05, 0.1) is 5.56 Å². The molecule has 1 N–H and O–H groups in total. The number of benzene rings is 2. The molecule has 0 bridgehead atoms. The molecule has 2 aromatic carbocycles. The van der Waals surface area contributed by atoms with Gasteiger partial charge in [-0.1, -0.05) is 23.7 Å². The van der Waals surface area contributed by atoms with E-state index in [2.05, 4.69) is 0 Å². The maximum Gasteiger partial charge on any atom is 0.335 e. The van der Waals surface area contributed by atoms with Crippen molar-refractivity contribution in [3.8, 4) is 5.75 Å². The number of hydrogen-bond acceptors (Lipinski definition) is 2. The molecule has 1 aliphatic rings. The summed E-state index contributed by atoms with van der Waals surface area (Å²) in [4.78, 5) is 10.9. The molecule has 3 nitrogen and oxygen atoms in total. The predicted octanol–water partition coefficient (Wildman–Crippen LogP) is 4.41. The third-order valence-electron chi connectivity index (χ3n) is 3.82. The zero-order valence-electron chi connectivity index (χ0n) is 11.6. The van der Waals surface area contributed by atoms with Crippen LogP contribution >= 0.6 is 11.6 Å². The molecule has 0 radical (unpaired) electrons. The monoisotopic (exact) mass is 302 g/mol. The topological polar surface area (TPSA) is 46.5 Å². The van der Waals surface area contributed by atoms with Gasteiger partial charge in [-0.2, -0.15) is 0 Å². The lowest BCUT2D eigenvalue weighted by atomic mass is 9.96. The second-order valence-corrected chi connectivity index (χ2v) is 5.69. The van der Waals surface area contributed by atoms with Gasteiger partial charge in [-0.25, -0.2) is 4.79 Å². The Morgan fingerprint density at radius 3 is 2.67 bits per heavy atom. The number of rotatable bonds is 2. The van der Waals surface area contributed by atoms with Crippen molar-refractivity contribution >= 4 is 17.6 Å². The van der Waals surface area contributed by atoms with Crippen molar-refractivity contribution in [2.24, 2.45) is 0 Å². The van der Waals surface area contributed by atoms with E-state index in [9.17, 15) is 4.79 Å². The first-order valence-corrected chi connectivity index (χ1v) is 7.21. The van der Waals surface area contributed by atoms with Gasteiger partial charge in [0.15, 0.2) is 0 Å². The average molecular weight is 303 g/mol. The molecule has 3 rings (SSSR count). The van der Waals surface area contributed by atoms with E-state index in [1.807, 2.05) is 31.2 Å². The van der Waals surface area contributed by atoms with Gasteiger partial charge < -0.3 is 9.84 Å². The second-order valence-electron chi connectivity index (χ2n) is 5.28. The first-order chi connectivity index (χ1) is 10.0. The van der Waals surface area contributed by atoms with Gasteiger partial charge in [0, 0.05) is 5.02 Å². The lowest BCUT2D eigenvalue weighted by Gasteiger charge is -2.27. The highest BCUT2D eigenvalue weighted by Gasteiger charge is 2.22. The molecule has 1 unspecified atom stereocenters. The van der Waals surface area contributed by atoms with Crippen LogP contribution in [0.1, 0.15) is 39.6 Å². The lowest BCUT2D eigenvalue weighted by molar-refractivity contribution is 0.0696. The van der Waals surface area contributed by atoms with E-state index in [0.29, 0.717) is 0 Å². The van der Waals surface area contributed by atoms with Crippen LogP contribution < -0.4 is 4.74 Å². The normalized spacial score (nSPS) is 17.0. The van der Waals surface area contributed by atoms with Gasteiger partial charge in [-0.3, -0.25) is 0 Å². The van der Waals surface area contributed by atoms with E-state index in [0.717, 1.165) is 40.3 Å². The summed E-state index contributed by atoms with van der Waals surface area (Å²) in [6, 6.07) is 10.8. The van der Waals surface area contributed by atoms with E-state index in [1.165, 1.54) is 0 Å². The zero-order chi connectivity index (χ0) is 15.0. The van der Waals surface area contributed by atoms with Crippen molar-refractivity contribution in [2.75, 3.05) is 0 Å². The zero-order valence-corrected chi connectivity index (χ0v) is 12.4. The van der Waals surface area contributed by atoms with E-state index >= 15 is 0 Å². The molecule has 4 heteroatoms. The standard InChI is InChI=1S/C17H15ClO3/c1-10-8-16-13(9-14(10)18)6-7-15(21-16)11-2-4-12(5-3-11)17(19)20/h2-5,8-9,15H,6-7H2,1H3,(H,19,20). The Bertz CT molecular complexity index is 692. The Hall–Kier alpha value is -2.00. The van der Waals surface area contributed by atoms with Crippen molar-refractivity contribution in [2.45, 2.75) is 25.9 Å². The third kappa shape index (κ3) is 2.74. The van der Waals surface area contributed by atoms with Gasteiger partial charge >= 0.3 is 5.97 Å². The maximum atomic E-state index is 10.9. The Morgan fingerprint density at radius 2 is 2.00 bits per heavy atom. The average Bonchev–Trinajstić information content (AvgIpc) is 2.48. The fourth-order valence-corrected chi connectivity index (χ4v) is 2.76. The molecular formula is C17H15ClO3. The molecule has 1 heterocycles. The summed E-state index contributed by atoms with van der Waals surface area (Å²) < 4.78 is 6.05. The molecule has 21 heavy (non-hydrogen) atoms. The van der Waals surface area contributed by atoms with Gasteiger partial charge in [0.2, 0.25) is 0 Å². The quantitative estimate of drug-likeness (QED) is 0.893. The number of aryl methyl sites for hydroxylation is 2. The maximum absolute atomic E-state index is 10.9. The minimum atomic E-state index is -0.915. The number of hydrogen-bond donors (Lipinski definition) is 1. The Balaban J connectivity index is 1.85. The fraction of sp³-hybridized carbons (Fsp3) is 0.235. The van der Waals surface area contributed by atoms with E-state index in [4.69, 9.17) is 21.4 Å². The highest BCUT2D eigenvalue weighted by molar-refractivity contribution is 6.31. The van der Waals surface area contributed by atoms with Crippen LogP contribution in [0.15, 0.2) is 36.4 Å². The summed E-state index contributed by atoms with van der Waals surface area (Å²) in [5, 5.41) is 9.69. The number of halogens is 1. The molecule has 1 aliphatic heterocycles. The number of carboxylic acids is 1. The Labute approximate surface area is 128 Å². The van der Waals surface area contributed by atoms with Crippen molar-refractivity contribution < 1.29 is 14.6 Å². The van der Waals surface area contributed by atoms with Gasteiger partial charge in [-0.05, 0) is 60.7 Å². The number of carboxylic acid groups (broad SMARTS) is 1. The predicted molar refractivity (Wildman–Crippen MR) is 81.3 cm³/mol. The van der Waals surface area contributed by atoms with Gasteiger partial charge in [0.1, 0.15) is 11.9 Å². The minimum absolute atomic E-state index is 0.0408. The second kappa shape index (κ2) is 5.41.